The quantitative estimate of drug-likeness (QED) is 0.608. The fourth-order valence-corrected chi connectivity index (χ4v) is 2.32. The lowest BCUT2D eigenvalue weighted by Crippen LogP contribution is -2.29. The van der Waals surface area contributed by atoms with Crippen molar-refractivity contribution in [1.82, 2.24) is 0 Å². The molecule has 0 aromatic carbocycles. The van der Waals surface area contributed by atoms with Crippen molar-refractivity contribution in [1.29, 1.82) is 0 Å². The Bertz CT molecular complexity index is 184. The summed E-state index contributed by atoms with van der Waals surface area (Å²) in [4.78, 5) is 10.9. The highest BCUT2D eigenvalue weighted by Gasteiger charge is 2.46. The summed E-state index contributed by atoms with van der Waals surface area (Å²) in [7, 11) is 0. The van der Waals surface area contributed by atoms with E-state index in [0.29, 0.717) is 5.41 Å². The van der Waals surface area contributed by atoms with Gasteiger partial charge in [-0.05, 0) is 37.5 Å². The molecule has 0 saturated heterocycles. The number of amides is 1. The van der Waals surface area contributed by atoms with Crippen LogP contribution in [0.1, 0.15) is 38.5 Å². The van der Waals surface area contributed by atoms with Crippen molar-refractivity contribution >= 4 is 5.91 Å². The van der Waals surface area contributed by atoms with Gasteiger partial charge >= 0.3 is 0 Å². The van der Waals surface area contributed by atoms with Crippen LogP contribution in [0.4, 0.5) is 0 Å². The Kier molecular flexibility index (Phi) is 1.44. The number of rotatable bonds is 1. The summed E-state index contributed by atoms with van der Waals surface area (Å²) in [6.45, 7) is 0. The van der Waals surface area contributed by atoms with Crippen molar-refractivity contribution in [2.24, 2.45) is 17.1 Å². The van der Waals surface area contributed by atoms with Crippen LogP contribution in [0.5, 0.6) is 0 Å². The molecule has 2 heteroatoms. The average Bonchev–Trinajstić information content (AvgIpc) is 2.69. The third-order valence-corrected chi connectivity index (χ3v) is 3.30. The first-order valence-corrected chi connectivity index (χ1v) is 4.51. The van der Waals surface area contributed by atoms with E-state index in [1.54, 1.807) is 0 Å². The lowest BCUT2D eigenvalue weighted by molar-refractivity contribution is -0.123. The summed E-state index contributed by atoms with van der Waals surface area (Å²) in [5.74, 6) is 0.127. The van der Waals surface area contributed by atoms with Gasteiger partial charge in [0.25, 0.3) is 0 Å². The number of hydrogen-bond acceptors (Lipinski definition) is 1. The largest absolute Gasteiger partial charge is 0.369 e. The highest BCUT2D eigenvalue weighted by molar-refractivity contribution is 5.76. The molecule has 62 valence electrons. The van der Waals surface area contributed by atoms with Gasteiger partial charge in [-0.1, -0.05) is 6.42 Å². The summed E-state index contributed by atoms with van der Waals surface area (Å²) in [6.07, 6.45) is 7.37. The Balaban J connectivity index is 1.98. The van der Waals surface area contributed by atoms with Crippen LogP contribution >= 0.6 is 0 Å². The molecule has 2 nitrogen and oxygen atoms in total. The highest BCUT2D eigenvalue weighted by Crippen LogP contribution is 2.57. The van der Waals surface area contributed by atoms with Crippen LogP contribution in [0.25, 0.3) is 0 Å². The molecule has 1 atom stereocenters. The maximum atomic E-state index is 10.9. The predicted molar refractivity (Wildman–Crippen MR) is 42.8 cm³/mol. The molecule has 0 radical (unpaired) electrons. The van der Waals surface area contributed by atoms with Crippen molar-refractivity contribution in [3.63, 3.8) is 0 Å². The van der Waals surface area contributed by atoms with Crippen LogP contribution < -0.4 is 5.73 Å². The molecule has 0 aromatic rings. The van der Waals surface area contributed by atoms with Crippen molar-refractivity contribution in [2.75, 3.05) is 0 Å². The van der Waals surface area contributed by atoms with Crippen molar-refractivity contribution in [3.8, 4) is 0 Å². The van der Waals surface area contributed by atoms with Gasteiger partial charge in [-0.3, -0.25) is 4.79 Å². The zero-order valence-electron chi connectivity index (χ0n) is 6.81. The van der Waals surface area contributed by atoms with Gasteiger partial charge in [0.05, 0.1) is 0 Å². The lowest BCUT2D eigenvalue weighted by Gasteiger charge is -2.26. The van der Waals surface area contributed by atoms with E-state index in [2.05, 4.69) is 0 Å². The fraction of sp³-hybridized carbons (Fsp3) is 0.889. The molecule has 11 heavy (non-hydrogen) atoms. The molecule has 2 rings (SSSR count). The zero-order valence-corrected chi connectivity index (χ0v) is 6.81. The van der Waals surface area contributed by atoms with Crippen LogP contribution in [-0.4, -0.2) is 5.91 Å². The molecule has 1 amide bonds. The van der Waals surface area contributed by atoms with Gasteiger partial charge in [-0.15, -0.1) is 0 Å². The maximum absolute atomic E-state index is 10.9. The van der Waals surface area contributed by atoms with Crippen molar-refractivity contribution in [2.45, 2.75) is 38.5 Å². The van der Waals surface area contributed by atoms with E-state index in [9.17, 15) is 4.79 Å². The van der Waals surface area contributed by atoms with Crippen molar-refractivity contribution in [3.05, 3.63) is 0 Å². The Morgan fingerprint density at radius 1 is 1.36 bits per heavy atom. The second-order valence-corrected chi connectivity index (χ2v) is 4.20. The minimum Gasteiger partial charge on any atom is -0.369 e. The van der Waals surface area contributed by atoms with E-state index >= 15 is 0 Å². The summed E-state index contributed by atoms with van der Waals surface area (Å²) >= 11 is 0. The van der Waals surface area contributed by atoms with Gasteiger partial charge in [0.2, 0.25) is 5.91 Å². The molecule has 2 aliphatic rings. The second kappa shape index (κ2) is 2.23. The standard InChI is InChI=1S/C9H15NO/c10-8(11)7-2-1-3-9(6-7)4-5-9/h7H,1-6H2,(H2,10,11). The van der Waals surface area contributed by atoms with Crippen LogP contribution in [0.15, 0.2) is 0 Å². The van der Waals surface area contributed by atoms with Gasteiger partial charge < -0.3 is 5.73 Å². The predicted octanol–water partition coefficient (Wildman–Crippen LogP) is 1.44. The Morgan fingerprint density at radius 2 is 2.09 bits per heavy atom. The first kappa shape index (κ1) is 7.14. The molecule has 1 unspecified atom stereocenters. The van der Waals surface area contributed by atoms with Gasteiger partial charge in [0, 0.05) is 5.92 Å². The molecule has 0 aromatic heterocycles. The van der Waals surface area contributed by atoms with Gasteiger partial charge in [0.15, 0.2) is 0 Å². The SMILES string of the molecule is NC(=O)C1CCCC2(CC2)C1. The summed E-state index contributed by atoms with van der Waals surface area (Å²) in [5.41, 5.74) is 5.86. The molecule has 2 aliphatic carbocycles. The lowest BCUT2D eigenvalue weighted by atomic mass is 9.79. The normalized spacial score (nSPS) is 33.6. The smallest absolute Gasteiger partial charge is 0.220 e. The van der Waals surface area contributed by atoms with Gasteiger partial charge in [-0.2, -0.15) is 0 Å². The number of hydrogen-bond donors (Lipinski definition) is 1. The van der Waals surface area contributed by atoms with Gasteiger partial charge in [0.1, 0.15) is 0 Å². The topological polar surface area (TPSA) is 43.1 Å². The number of nitrogens with two attached hydrogens (primary N) is 1. The molecule has 2 saturated carbocycles. The molecule has 2 fully saturated rings. The number of carbonyl (C=O) groups excluding carboxylic acids is 1. The summed E-state index contributed by atoms with van der Waals surface area (Å²) in [5, 5.41) is 0. The molecular weight excluding hydrogens is 138 g/mol. The second-order valence-electron chi connectivity index (χ2n) is 4.20. The van der Waals surface area contributed by atoms with Gasteiger partial charge in [-0.25, -0.2) is 0 Å². The molecule has 2 N–H and O–H groups in total. The molecule has 0 bridgehead atoms. The van der Waals surface area contributed by atoms with Crippen LogP contribution in [0, 0.1) is 11.3 Å². The molecule has 0 aliphatic heterocycles. The Labute approximate surface area is 67.1 Å². The number of carbonyl (C=O) groups is 1. The molecule has 0 heterocycles. The Morgan fingerprint density at radius 3 is 2.64 bits per heavy atom. The van der Waals surface area contributed by atoms with Crippen LogP contribution in [-0.2, 0) is 4.79 Å². The van der Waals surface area contributed by atoms with E-state index in [0.717, 1.165) is 12.8 Å². The minimum absolute atomic E-state index is 0.0732. The minimum atomic E-state index is -0.0732. The van der Waals surface area contributed by atoms with E-state index in [4.69, 9.17) is 5.73 Å². The summed E-state index contributed by atoms with van der Waals surface area (Å²) in [6, 6.07) is 0. The fourth-order valence-electron chi connectivity index (χ4n) is 2.32. The van der Waals surface area contributed by atoms with Crippen LogP contribution in [0.3, 0.4) is 0 Å². The molecule has 1 spiro atoms. The van der Waals surface area contributed by atoms with E-state index in [-0.39, 0.29) is 11.8 Å². The van der Waals surface area contributed by atoms with Crippen molar-refractivity contribution < 1.29 is 4.79 Å². The summed E-state index contributed by atoms with van der Waals surface area (Å²) < 4.78 is 0. The Hall–Kier alpha value is -0.530. The first-order chi connectivity index (χ1) is 5.22. The third kappa shape index (κ3) is 1.26. The highest BCUT2D eigenvalue weighted by atomic mass is 16.1. The maximum Gasteiger partial charge on any atom is 0.220 e. The van der Waals surface area contributed by atoms with Crippen LogP contribution in [0.2, 0.25) is 0 Å². The molecular formula is C9H15NO. The van der Waals surface area contributed by atoms with E-state index in [1.807, 2.05) is 0 Å². The third-order valence-electron chi connectivity index (χ3n) is 3.30. The zero-order chi connectivity index (χ0) is 7.90. The van der Waals surface area contributed by atoms with E-state index < -0.39 is 0 Å². The van der Waals surface area contributed by atoms with E-state index in [1.165, 1.54) is 25.7 Å². The number of primary amides is 1. The first-order valence-electron chi connectivity index (χ1n) is 4.51. The average molecular weight is 153 g/mol. The monoisotopic (exact) mass is 153 g/mol.